The Morgan fingerprint density at radius 3 is 2.86 bits per heavy atom. The molecule has 1 N–H and O–H groups in total. The molecular weight excluding hydrogens is 96.0 g/mol. The Balaban J connectivity index is 3.28. The zero-order valence-corrected chi connectivity index (χ0v) is 3.59. The van der Waals surface area contributed by atoms with Crippen molar-refractivity contribution in [1.82, 2.24) is 9.97 Å². The minimum absolute atomic E-state index is 0.164. The highest BCUT2D eigenvalue weighted by Crippen LogP contribution is 1.57. The van der Waals surface area contributed by atoms with Crippen molar-refractivity contribution >= 4 is 0 Å². The van der Waals surface area contributed by atoms with Gasteiger partial charge in [0.2, 0.25) is 0 Å². The molecule has 0 amide bonds. The summed E-state index contributed by atoms with van der Waals surface area (Å²) in [5.74, 6) is 0. The van der Waals surface area contributed by atoms with Crippen LogP contribution in [-0.2, 0) is 0 Å². The fraction of sp³-hybridized carbons (Fsp3) is 0. The smallest absolute Gasteiger partial charge is 0.266 e. The van der Waals surface area contributed by atoms with E-state index in [1.54, 1.807) is 0 Å². The lowest BCUT2D eigenvalue weighted by atomic mass is 11.0. The van der Waals surface area contributed by atoms with Crippen molar-refractivity contribution in [1.29, 1.82) is 0 Å². The summed E-state index contributed by atoms with van der Waals surface area (Å²) in [4.78, 5) is 16.1. The Morgan fingerprint density at radius 2 is 2.57 bits per heavy atom. The minimum atomic E-state index is -0.164. The molecule has 0 aromatic carbocycles. The second kappa shape index (κ2) is 1.55. The summed E-state index contributed by atoms with van der Waals surface area (Å²) in [6.07, 6.45) is 4.23. The summed E-state index contributed by atoms with van der Waals surface area (Å²) in [5.41, 5.74) is -0.164. The third-order valence-electron chi connectivity index (χ3n) is 0.578. The quantitative estimate of drug-likeness (QED) is 0.489. The summed E-state index contributed by atoms with van der Waals surface area (Å²) in [5, 5.41) is 0. The van der Waals surface area contributed by atoms with Crippen LogP contribution in [0.3, 0.4) is 0 Å². The van der Waals surface area contributed by atoms with E-state index in [4.69, 9.17) is 0 Å². The highest BCUT2D eigenvalue weighted by atomic mass is 16.2. The molecule has 0 radical (unpaired) electrons. The van der Waals surface area contributed by atoms with Crippen LogP contribution in [0.4, 0.5) is 0 Å². The Kier molecular flexibility index (Phi) is 0.898. The van der Waals surface area contributed by atoms with Crippen LogP contribution in [0, 0.1) is 0 Å². The summed E-state index contributed by atoms with van der Waals surface area (Å²) in [6.45, 7) is 0. The fourth-order valence-corrected chi connectivity index (χ4v) is 0.310. The van der Waals surface area contributed by atoms with Gasteiger partial charge < -0.3 is 4.98 Å². The molecule has 0 aliphatic heterocycles. The molecule has 1 heterocycles. The van der Waals surface area contributed by atoms with Crippen LogP contribution in [0.1, 0.15) is 0 Å². The lowest BCUT2D eigenvalue weighted by molar-refractivity contribution is 1.14. The predicted octanol–water partition coefficient (Wildman–Crippen LogP) is -0.230. The first-order chi connectivity index (χ1) is 3.39. The molecule has 0 aliphatic rings. The molecule has 36 valence electrons. The van der Waals surface area contributed by atoms with Crippen molar-refractivity contribution in [2.24, 2.45) is 0 Å². The van der Waals surface area contributed by atoms with Crippen LogP contribution in [0.5, 0.6) is 0 Å². The summed E-state index contributed by atoms with van der Waals surface area (Å²) >= 11 is 0. The van der Waals surface area contributed by atoms with Crippen molar-refractivity contribution in [3.63, 3.8) is 0 Å². The second-order valence-electron chi connectivity index (χ2n) is 1.10. The van der Waals surface area contributed by atoms with Gasteiger partial charge in [0.15, 0.2) is 0 Å². The van der Waals surface area contributed by atoms with Gasteiger partial charge >= 0.3 is 0 Å². The molecule has 0 saturated heterocycles. The van der Waals surface area contributed by atoms with Gasteiger partial charge in [-0.05, 0) is 0 Å². The highest BCUT2D eigenvalue weighted by molar-refractivity contribution is 4.73. The molecule has 0 saturated carbocycles. The molecule has 0 fully saturated rings. The van der Waals surface area contributed by atoms with Crippen LogP contribution < -0.4 is 5.56 Å². The molecule has 0 unspecified atom stereocenters. The standard InChI is InChI=1S/C4H4N2O/c7-4-3-5-1-2-6-4/h1-3H,(H,6,7)/i3+1,4+1,5+1,6+1. The molecule has 0 aliphatic carbocycles. The molecule has 3 heteroatoms. The number of nitrogens with one attached hydrogen (secondary N) is 1. The normalized spacial score (nSPS) is 8.57. The Bertz CT molecular complexity index is 175. The van der Waals surface area contributed by atoms with Gasteiger partial charge in [0, 0.05) is 12.4 Å². The molecule has 3 nitrogen and oxygen atoms in total. The molecule has 7 heavy (non-hydrogen) atoms. The van der Waals surface area contributed by atoms with E-state index in [1.807, 2.05) is 0 Å². The zero-order valence-electron chi connectivity index (χ0n) is 3.59. The maximum Gasteiger partial charge on any atom is 0.266 e. The number of nitrogens with zero attached hydrogens (tertiary/aromatic N) is 1. The van der Waals surface area contributed by atoms with Gasteiger partial charge in [0.05, 0.1) is 6.20 Å². The first-order valence-electron chi connectivity index (χ1n) is 1.88. The number of hydrogen-bond donors (Lipinski definition) is 1. The van der Waals surface area contributed by atoms with Crippen LogP contribution >= 0.6 is 0 Å². The van der Waals surface area contributed by atoms with Crippen LogP contribution in [-0.4, -0.2) is 9.97 Å². The van der Waals surface area contributed by atoms with Gasteiger partial charge in [-0.15, -0.1) is 0 Å². The van der Waals surface area contributed by atoms with E-state index in [-0.39, 0.29) is 5.56 Å². The predicted molar refractivity (Wildman–Crippen MR) is 24.9 cm³/mol. The average molecular weight is 100 g/mol. The Morgan fingerprint density at radius 1 is 1.71 bits per heavy atom. The maximum absolute atomic E-state index is 10.2. The van der Waals surface area contributed by atoms with Gasteiger partial charge in [-0.1, -0.05) is 0 Å². The summed E-state index contributed by atoms with van der Waals surface area (Å²) in [7, 11) is 0. The molecule has 0 bridgehead atoms. The Hall–Kier alpha value is -1.12. The van der Waals surface area contributed by atoms with Crippen LogP contribution in [0.15, 0.2) is 23.4 Å². The molecule has 1 aromatic heterocycles. The topological polar surface area (TPSA) is 45.8 Å². The lowest BCUT2D eigenvalue weighted by Crippen LogP contribution is -2.01. The molecule has 1 rings (SSSR count). The number of aromatic amines is 1. The number of rotatable bonds is 0. The average Bonchev–Trinajstić information content (AvgIpc) is 1.69. The maximum atomic E-state index is 10.2. The second-order valence-corrected chi connectivity index (χ2v) is 1.10. The Labute approximate surface area is 40.0 Å². The third-order valence-corrected chi connectivity index (χ3v) is 0.578. The fourth-order valence-electron chi connectivity index (χ4n) is 0.310. The van der Waals surface area contributed by atoms with Crippen molar-refractivity contribution in [3.8, 4) is 0 Å². The number of hydrogen-bond acceptors (Lipinski definition) is 2. The van der Waals surface area contributed by atoms with E-state index in [0.29, 0.717) is 0 Å². The molecule has 0 spiro atoms. The molecule has 0 atom stereocenters. The van der Waals surface area contributed by atoms with Gasteiger partial charge in [-0.25, -0.2) is 0 Å². The van der Waals surface area contributed by atoms with E-state index in [1.165, 1.54) is 18.6 Å². The van der Waals surface area contributed by atoms with Crippen molar-refractivity contribution in [2.45, 2.75) is 0 Å². The van der Waals surface area contributed by atoms with Crippen molar-refractivity contribution in [2.75, 3.05) is 0 Å². The van der Waals surface area contributed by atoms with Gasteiger partial charge in [-0.3, -0.25) is 9.78 Å². The molecular formula is C4H4N2O. The number of H-pyrrole nitrogens is 1. The summed E-state index contributed by atoms with van der Waals surface area (Å²) in [6, 6.07) is 0. The third kappa shape index (κ3) is 0.855. The van der Waals surface area contributed by atoms with E-state index < -0.39 is 0 Å². The van der Waals surface area contributed by atoms with Gasteiger partial charge in [0.25, 0.3) is 5.56 Å². The largest absolute Gasteiger partial charge is 0.326 e. The monoisotopic (exact) mass is 100 g/mol. The van der Waals surface area contributed by atoms with Crippen LogP contribution in [0.25, 0.3) is 0 Å². The number of aromatic nitrogens is 2. The highest BCUT2D eigenvalue weighted by Gasteiger charge is 1.70. The van der Waals surface area contributed by atoms with Gasteiger partial charge in [-0.2, -0.15) is 0 Å². The first-order valence-corrected chi connectivity index (χ1v) is 1.88. The van der Waals surface area contributed by atoms with E-state index >= 15 is 0 Å². The van der Waals surface area contributed by atoms with Crippen molar-refractivity contribution < 1.29 is 0 Å². The first kappa shape index (κ1) is 4.05. The zero-order chi connectivity index (χ0) is 5.11. The van der Waals surface area contributed by atoms with Crippen LogP contribution in [0.2, 0.25) is 0 Å². The summed E-state index contributed by atoms with van der Waals surface area (Å²) < 4.78 is 0. The SMILES string of the molecule is O=[13c]1[13cH][15n]cc[15nH]1. The lowest BCUT2D eigenvalue weighted by Gasteiger charge is -1.73. The van der Waals surface area contributed by atoms with E-state index in [0.717, 1.165) is 0 Å². The van der Waals surface area contributed by atoms with Gasteiger partial charge in [0.1, 0.15) is 0 Å². The van der Waals surface area contributed by atoms with E-state index in [9.17, 15) is 4.79 Å². The van der Waals surface area contributed by atoms with E-state index in [2.05, 4.69) is 9.97 Å². The van der Waals surface area contributed by atoms with Crippen molar-refractivity contribution in [3.05, 3.63) is 28.9 Å². The minimum Gasteiger partial charge on any atom is -0.326 e. The molecule has 1 aromatic rings.